The van der Waals surface area contributed by atoms with Crippen LogP contribution >= 0.6 is 0 Å². The minimum absolute atomic E-state index is 0.146. The van der Waals surface area contributed by atoms with Gasteiger partial charge < -0.3 is 15.8 Å². The SMILES string of the molecule is NCC1(Nc2ccc3nnnn3n2)CCOCC1. The highest BCUT2D eigenvalue weighted by Crippen LogP contribution is 2.23. The van der Waals surface area contributed by atoms with Gasteiger partial charge in [0.05, 0.1) is 5.54 Å². The van der Waals surface area contributed by atoms with Gasteiger partial charge in [0.2, 0.25) is 0 Å². The minimum atomic E-state index is -0.146. The van der Waals surface area contributed by atoms with Crippen LogP contribution in [0.15, 0.2) is 12.1 Å². The zero-order chi connectivity index (χ0) is 12.4. The summed E-state index contributed by atoms with van der Waals surface area (Å²) in [7, 11) is 0. The number of hydrogen-bond donors (Lipinski definition) is 2. The Morgan fingerprint density at radius 1 is 1.39 bits per heavy atom. The second-order valence-corrected chi connectivity index (χ2v) is 4.47. The van der Waals surface area contributed by atoms with Crippen molar-refractivity contribution in [1.82, 2.24) is 25.3 Å². The number of anilines is 1. The van der Waals surface area contributed by atoms with E-state index in [4.69, 9.17) is 10.5 Å². The number of nitrogens with one attached hydrogen (secondary N) is 1. The van der Waals surface area contributed by atoms with Gasteiger partial charge in [-0.05, 0) is 35.4 Å². The minimum Gasteiger partial charge on any atom is -0.381 e. The first-order valence-corrected chi connectivity index (χ1v) is 5.93. The van der Waals surface area contributed by atoms with Gasteiger partial charge in [-0.1, -0.05) is 0 Å². The highest BCUT2D eigenvalue weighted by Gasteiger charge is 2.31. The summed E-state index contributed by atoms with van der Waals surface area (Å²) in [5.74, 6) is 0.724. The van der Waals surface area contributed by atoms with E-state index in [9.17, 15) is 0 Å². The standard InChI is InChI=1S/C10H15N7O/c11-7-10(3-5-18-6-4-10)12-8-1-2-9-13-15-16-17(9)14-8/h1-2H,3-7,11H2,(H,12,14). The summed E-state index contributed by atoms with van der Waals surface area (Å²) in [6.45, 7) is 1.99. The maximum Gasteiger partial charge on any atom is 0.200 e. The van der Waals surface area contributed by atoms with Crippen LogP contribution in [-0.2, 0) is 4.74 Å². The van der Waals surface area contributed by atoms with Gasteiger partial charge in [0.1, 0.15) is 5.82 Å². The lowest BCUT2D eigenvalue weighted by molar-refractivity contribution is 0.0626. The second-order valence-electron chi connectivity index (χ2n) is 4.47. The van der Waals surface area contributed by atoms with Crippen molar-refractivity contribution in [1.29, 1.82) is 0 Å². The molecule has 18 heavy (non-hydrogen) atoms. The third kappa shape index (κ3) is 2.00. The Labute approximate surface area is 103 Å². The van der Waals surface area contributed by atoms with E-state index in [1.165, 1.54) is 4.63 Å². The van der Waals surface area contributed by atoms with Crippen molar-refractivity contribution in [2.75, 3.05) is 25.1 Å². The number of nitrogens with two attached hydrogens (primary N) is 1. The van der Waals surface area contributed by atoms with Gasteiger partial charge >= 0.3 is 0 Å². The van der Waals surface area contributed by atoms with Crippen molar-refractivity contribution >= 4 is 11.5 Å². The maximum absolute atomic E-state index is 5.89. The summed E-state index contributed by atoms with van der Waals surface area (Å²) in [4.78, 5) is 0. The number of nitrogens with zero attached hydrogens (tertiary/aromatic N) is 5. The molecular weight excluding hydrogens is 234 g/mol. The lowest BCUT2D eigenvalue weighted by Gasteiger charge is -2.37. The first-order valence-electron chi connectivity index (χ1n) is 5.93. The molecule has 0 amide bonds. The molecule has 0 spiro atoms. The number of aromatic nitrogens is 5. The Hall–Kier alpha value is -1.80. The predicted octanol–water partition coefficient (Wildman–Crippen LogP) is -0.561. The molecule has 96 valence electrons. The molecule has 0 unspecified atom stereocenters. The highest BCUT2D eigenvalue weighted by atomic mass is 16.5. The van der Waals surface area contributed by atoms with Crippen LogP contribution in [0.25, 0.3) is 5.65 Å². The van der Waals surface area contributed by atoms with Gasteiger partial charge in [0.25, 0.3) is 0 Å². The molecule has 0 bridgehead atoms. The molecule has 0 atom stereocenters. The lowest BCUT2D eigenvalue weighted by Crippen LogP contribution is -2.49. The van der Waals surface area contributed by atoms with Crippen LogP contribution in [0, 0.1) is 0 Å². The Kier molecular flexibility index (Phi) is 2.80. The van der Waals surface area contributed by atoms with E-state index in [0.29, 0.717) is 12.2 Å². The maximum atomic E-state index is 5.89. The van der Waals surface area contributed by atoms with Crippen LogP contribution < -0.4 is 11.1 Å². The summed E-state index contributed by atoms with van der Waals surface area (Å²) < 4.78 is 6.76. The van der Waals surface area contributed by atoms with Crippen LogP contribution in [0.4, 0.5) is 5.82 Å². The van der Waals surface area contributed by atoms with Gasteiger partial charge in [-0.3, -0.25) is 0 Å². The van der Waals surface area contributed by atoms with E-state index in [-0.39, 0.29) is 5.54 Å². The zero-order valence-corrected chi connectivity index (χ0v) is 9.91. The van der Waals surface area contributed by atoms with Crippen LogP contribution in [-0.4, -0.2) is 50.6 Å². The molecule has 1 fully saturated rings. The van der Waals surface area contributed by atoms with Crippen molar-refractivity contribution in [2.24, 2.45) is 5.73 Å². The molecule has 0 saturated carbocycles. The molecule has 2 aromatic heterocycles. The zero-order valence-electron chi connectivity index (χ0n) is 9.91. The molecular formula is C10H15N7O. The largest absolute Gasteiger partial charge is 0.381 e. The average molecular weight is 249 g/mol. The van der Waals surface area contributed by atoms with Crippen molar-refractivity contribution in [3.05, 3.63) is 12.1 Å². The topological polar surface area (TPSA) is 103 Å². The third-order valence-electron chi connectivity index (χ3n) is 3.30. The van der Waals surface area contributed by atoms with E-state index < -0.39 is 0 Å². The Morgan fingerprint density at radius 3 is 3.00 bits per heavy atom. The number of tetrazole rings is 1. The second kappa shape index (κ2) is 4.46. The highest BCUT2D eigenvalue weighted by molar-refractivity contribution is 5.44. The first-order chi connectivity index (χ1) is 8.81. The van der Waals surface area contributed by atoms with Crippen molar-refractivity contribution in [3.63, 3.8) is 0 Å². The van der Waals surface area contributed by atoms with Gasteiger partial charge in [-0.15, -0.1) is 14.8 Å². The Bertz CT molecular complexity index is 534. The summed E-state index contributed by atoms with van der Waals surface area (Å²) in [6.07, 6.45) is 1.75. The monoisotopic (exact) mass is 249 g/mol. The quantitative estimate of drug-likeness (QED) is 0.751. The molecule has 8 nitrogen and oxygen atoms in total. The summed E-state index contributed by atoms with van der Waals surface area (Å²) in [6, 6.07) is 3.68. The molecule has 1 aliphatic rings. The van der Waals surface area contributed by atoms with Gasteiger partial charge in [-0.2, -0.15) is 0 Å². The number of rotatable bonds is 3. The number of hydrogen-bond acceptors (Lipinski definition) is 7. The molecule has 1 saturated heterocycles. The van der Waals surface area contributed by atoms with Crippen molar-refractivity contribution in [3.8, 4) is 0 Å². The van der Waals surface area contributed by atoms with E-state index in [0.717, 1.165) is 31.9 Å². The van der Waals surface area contributed by atoms with Crippen LogP contribution in [0.3, 0.4) is 0 Å². The molecule has 1 aliphatic heterocycles. The Morgan fingerprint density at radius 2 is 2.22 bits per heavy atom. The van der Waals surface area contributed by atoms with Crippen molar-refractivity contribution in [2.45, 2.75) is 18.4 Å². The molecule has 3 rings (SSSR count). The first kappa shape index (κ1) is 11.3. The van der Waals surface area contributed by atoms with E-state index in [1.54, 1.807) is 0 Å². The van der Waals surface area contributed by atoms with Crippen molar-refractivity contribution < 1.29 is 4.74 Å². The van der Waals surface area contributed by atoms with Crippen LogP contribution in [0.2, 0.25) is 0 Å². The molecule has 2 aromatic rings. The van der Waals surface area contributed by atoms with E-state index >= 15 is 0 Å². The van der Waals surface area contributed by atoms with Gasteiger partial charge in [0.15, 0.2) is 5.65 Å². The summed E-state index contributed by atoms with van der Waals surface area (Å²) in [5, 5.41) is 18.8. The fourth-order valence-corrected chi connectivity index (χ4v) is 2.13. The number of fused-ring (bicyclic) bond motifs is 1. The normalized spacial score (nSPS) is 18.9. The molecule has 0 aliphatic carbocycles. The third-order valence-corrected chi connectivity index (χ3v) is 3.30. The molecule has 0 radical (unpaired) electrons. The molecule has 3 N–H and O–H groups in total. The summed E-state index contributed by atoms with van der Waals surface area (Å²) >= 11 is 0. The predicted molar refractivity (Wildman–Crippen MR) is 64.0 cm³/mol. The van der Waals surface area contributed by atoms with Gasteiger partial charge in [0, 0.05) is 19.8 Å². The van der Waals surface area contributed by atoms with Crippen LogP contribution in [0.5, 0.6) is 0 Å². The van der Waals surface area contributed by atoms with E-state index in [1.807, 2.05) is 12.1 Å². The fraction of sp³-hybridized carbons (Fsp3) is 0.600. The molecule has 3 heterocycles. The lowest BCUT2D eigenvalue weighted by atomic mass is 9.90. The molecule has 8 heteroatoms. The van der Waals surface area contributed by atoms with Crippen LogP contribution in [0.1, 0.15) is 12.8 Å². The fourth-order valence-electron chi connectivity index (χ4n) is 2.13. The molecule has 0 aromatic carbocycles. The number of ether oxygens (including phenoxy) is 1. The smallest absolute Gasteiger partial charge is 0.200 e. The summed E-state index contributed by atoms with van der Waals surface area (Å²) in [5.41, 5.74) is 6.36. The van der Waals surface area contributed by atoms with Gasteiger partial charge in [-0.25, -0.2) is 0 Å². The van der Waals surface area contributed by atoms with E-state index in [2.05, 4.69) is 25.9 Å². The average Bonchev–Trinajstić information content (AvgIpc) is 2.87. The Balaban J connectivity index is 1.85.